The third kappa shape index (κ3) is 3.63. The number of halogens is 1. The highest BCUT2D eigenvalue weighted by Gasteiger charge is 2.41. The summed E-state index contributed by atoms with van der Waals surface area (Å²) in [5.41, 5.74) is 1.29. The molecule has 0 atom stereocenters. The molecule has 2 fully saturated rings. The summed E-state index contributed by atoms with van der Waals surface area (Å²) in [6, 6.07) is 16.3. The van der Waals surface area contributed by atoms with Crippen LogP contribution in [0.5, 0.6) is 0 Å². The minimum atomic E-state index is -0.265. The highest BCUT2D eigenvalue weighted by atomic mass is 127. The topological polar surface area (TPSA) is 60.9 Å². The molecule has 0 unspecified atom stereocenters. The molecule has 2 aliphatic rings. The van der Waals surface area contributed by atoms with E-state index in [4.69, 9.17) is 0 Å². The monoisotopic (exact) mass is 489 g/mol. The second-order valence-electron chi connectivity index (χ2n) is 7.01. The van der Waals surface area contributed by atoms with E-state index >= 15 is 0 Å². The second kappa shape index (κ2) is 7.90. The molecule has 2 aromatic rings. The van der Waals surface area contributed by atoms with Gasteiger partial charge >= 0.3 is 6.03 Å². The van der Waals surface area contributed by atoms with E-state index in [1.54, 1.807) is 17.0 Å². The lowest BCUT2D eigenvalue weighted by atomic mass is 10.0. The van der Waals surface area contributed by atoms with Crippen molar-refractivity contribution in [2.45, 2.75) is 18.9 Å². The number of amides is 4. The first kappa shape index (κ1) is 18.9. The molecule has 0 aromatic heterocycles. The predicted octanol–water partition coefficient (Wildman–Crippen LogP) is 3.36. The third-order valence-corrected chi connectivity index (χ3v) is 5.94. The summed E-state index contributed by atoms with van der Waals surface area (Å²) in [5, 5.41) is 0. The zero-order valence-electron chi connectivity index (χ0n) is 15.3. The van der Waals surface area contributed by atoms with Gasteiger partial charge in [0.25, 0.3) is 11.8 Å². The molecule has 0 aliphatic carbocycles. The van der Waals surface area contributed by atoms with Gasteiger partial charge in [0, 0.05) is 28.3 Å². The van der Waals surface area contributed by atoms with Crippen molar-refractivity contribution >= 4 is 46.1 Å². The summed E-state index contributed by atoms with van der Waals surface area (Å²) in [6.45, 7) is 1.26. The molecule has 2 aliphatic heterocycles. The average Bonchev–Trinajstić information content (AvgIpc) is 3.02. The van der Waals surface area contributed by atoms with Crippen LogP contribution in [0.1, 0.15) is 23.2 Å². The number of piperidine rings is 1. The SMILES string of the molecule is O=C(c1cccc(I)c1)N1CCC(N2CC(=O)N(c3ccccc3)C2=O)CC1. The number of hydrogen-bond acceptors (Lipinski definition) is 3. The zero-order valence-corrected chi connectivity index (χ0v) is 17.4. The van der Waals surface area contributed by atoms with Crippen molar-refractivity contribution in [2.75, 3.05) is 24.5 Å². The first-order valence-corrected chi connectivity index (χ1v) is 10.4. The summed E-state index contributed by atoms with van der Waals surface area (Å²) >= 11 is 2.20. The van der Waals surface area contributed by atoms with E-state index in [2.05, 4.69) is 22.6 Å². The fraction of sp³-hybridized carbons (Fsp3) is 0.286. The smallest absolute Gasteiger partial charge is 0.332 e. The number of para-hydroxylation sites is 1. The Labute approximate surface area is 177 Å². The number of urea groups is 1. The molecule has 0 saturated carbocycles. The van der Waals surface area contributed by atoms with E-state index in [0.717, 1.165) is 3.57 Å². The molecule has 144 valence electrons. The lowest BCUT2D eigenvalue weighted by Gasteiger charge is -2.36. The summed E-state index contributed by atoms with van der Waals surface area (Å²) < 4.78 is 1.03. The van der Waals surface area contributed by atoms with Gasteiger partial charge in [0.15, 0.2) is 0 Å². The van der Waals surface area contributed by atoms with Crippen LogP contribution in [0, 0.1) is 3.57 Å². The van der Waals surface area contributed by atoms with Crippen LogP contribution in [0.15, 0.2) is 54.6 Å². The van der Waals surface area contributed by atoms with E-state index in [0.29, 0.717) is 37.2 Å². The van der Waals surface area contributed by atoms with Gasteiger partial charge in [-0.15, -0.1) is 0 Å². The van der Waals surface area contributed by atoms with Gasteiger partial charge in [0.05, 0.1) is 5.69 Å². The summed E-state index contributed by atoms with van der Waals surface area (Å²) in [7, 11) is 0. The number of hydrogen-bond donors (Lipinski definition) is 0. The van der Waals surface area contributed by atoms with Crippen molar-refractivity contribution in [1.82, 2.24) is 9.80 Å². The second-order valence-corrected chi connectivity index (χ2v) is 8.25. The third-order valence-electron chi connectivity index (χ3n) is 5.27. The fourth-order valence-corrected chi connectivity index (χ4v) is 4.36. The molecule has 7 heteroatoms. The van der Waals surface area contributed by atoms with Crippen LogP contribution in [0.3, 0.4) is 0 Å². The average molecular weight is 489 g/mol. The lowest BCUT2D eigenvalue weighted by Crippen LogP contribution is -2.48. The Morgan fingerprint density at radius 3 is 2.36 bits per heavy atom. The fourth-order valence-electron chi connectivity index (χ4n) is 3.82. The first-order chi connectivity index (χ1) is 13.5. The maximum atomic E-state index is 12.8. The molecule has 2 heterocycles. The first-order valence-electron chi connectivity index (χ1n) is 9.28. The molecule has 0 bridgehead atoms. The van der Waals surface area contributed by atoms with Crippen LogP contribution >= 0.6 is 22.6 Å². The molecular formula is C21H20IN3O3. The van der Waals surface area contributed by atoms with E-state index < -0.39 is 0 Å². The molecule has 4 rings (SSSR count). The number of nitrogens with zero attached hydrogens (tertiary/aromatic N) is 3. The Morgan fingerprint density at radius 1 is 0.964 bits per heavy atom. The lowest BCUT2D eigenvalue weighted by molar-refractivity contribution is -0.116. The van der Waals surface area contributed by atoms with Gasteiger partial charge in [0.2, 0.25) is 0 Å². The van der Waals surface area contributed by atoms with Crippen molar-refractivity contribution in [3.05, 3.63) is 63.7 Å². The van der Waals surface area contributed by atoms with Gasteiger partial charge < -0.3 is 9.80 Å². The minimum Gasteiger partial charge on any atom is -0.338 e. The van der Waals surface area contributed by atoms with Gasteiger partial charge in [0.1, 0.15) is 6.54 Å². The van der Waals surface area contributed by atoms with E-state index in [9.17, 15) is 14.4 Å². The zero-order chi connectivity index (χ0) is 19.7. The van der Waals surface area contributed by atoms with Crippen LogP contribution in [-0.4, -0.2) is 53.3 Å². The standard InChI is InChI=1S/C21H20IN3O3/c22-16-6-4-5-15(13-16)20(27)23-11-9-17(10-12-23)24-14-19(26)25(21(24)28)18-7-2-1-3-8-18/h1-8,13,17H,9-12,14H2. The molecule has 0 N–H and O–H groups in total. The number of carbonyl (C=O) groups is 3. The van der Waals surface area contributed by atoms with Gasteiger partial charge in [-0.2, -0.15) is 0 Å². The van der Waals surface area contributed by atoms with Crippen molar-refractivity contribution in [3.8, 4) is 0 Å². The van der Waals surface area contributed by atoms with Crippen molar-refractivity contribution < 1.29 is 14.4 Å². The van der Waals surface area contributed by atoms with E-state index in [-0.39, 0.29) is 30.4 Å². The normalized spacial score (nSPS) is 18.1. The Bertz CT molecular complexity index is 910. The van der Waals surface area contributed by atoms with Gasteiger partial charge in [-0.05, 0) is 65.8 Å². The maximum absolute atomic E-state index is 12.8. The number of rotatable bonds is 3. The van der Waals surface area contributed by atoms with Crippen LogP contribution in [-0.2, 0) is 4.79 Å². The highest BCUT2D eigenvalue weighted by molar-refractivity contribution is 14.1. The van der Waals surface area contributed by atoms with E-state index in [1.807, 2.05) is 47.4 Å². The highest BCUT2D eigenvalue weighted by Crippen LogP contribution is 2.26. The molecule has 0 radical (unpaired) electrons. The van der Waals surface area contributed by atoms with Gasteiger partial charge in [-0.25, -0.2) is 9.69 Å². The summed E-state index contributed by atoms with van der Waals surface area (Å²) in [5.74, 6) is -0.180. The number of anilines is 1. The van der Waals surface area contributed by atoms with Gasteiger partial charge in [-0.1, -0.05) is 24.3 Å². The van der Waals surface area contributed by atoms with E-state index in [1.165, 1.54) is 4.90 Å². The Kier molecular flexibility index (Phi) is 5.34. The molecule has 4 amide bonds. The number of carbonyl (C=O) groups excluding carboxylic acids is 3. The number of imide groups is 1. The summed E-state index contributed by atoms with van der Waals surface area (Å²) in [4.78, 5) is 42.7. The van der Waals surface area contributed by atoms with Crippen molar-refractivity contribution in [2.24, 2.45) is 0 Å². The number of benzene rings is 2. The molecular weight excluding hydrogens is 469 g/mol. The quantitative estimate of drug-likeness (QED) is 0.491. The van der Waals surface area contributed by atoms with Crippen LogP contribution < -0.4 is 4.90 Å². The molecule has 2 saturated heterocycles. The maximum Gasteiger partial charge on any atom is 0.332 e. The van der Waals surface area contributed by atoms with Crippen LogP contribution in [0.25, 0.3) is 0 Å². The Morgan fingerprint density at radius 2 is 1.68 bits per heavy atom. The van der Waals surface area contributed by atoms with Crippen LogP contribution in [0.4, 0.5) is 10.5 Å². The molecule has 2 aromatic carbocycles. The van der Waals surface area contributed by atoms with Crippen molar-refractivity contribution in [1.29, 1.82) is 0 Å². The predicted molar refractivity (Wildman–Crippen MR) is 114 cm³/mol. The minimum absolute atomic E-state index is 0.0201. The summed E-state index contributed by atoms with van der Waals surface area (Å²) in [6.07, 6.45) is 1.36. The number of likely N-dealkylation sites (tertiary alicyclic amines) is 1. The Balaban J connectivity index is 1.41. The largest absolute Gasteiger partial charge is 0.338 e. The Hall–Kier alpha value is -2.42. The molecule has 0 spiro atoms. The van der Waals surface area contributed by atoms with Crippen molar-refractivity contribution in [3.63, 3.8) is 0 Å². The molecule has 28 heavy (non-hydrogen) atoms. The van der Waals surface area contributed by atoms with Crippen LogP contribution in [0.2, 0.25) is 0 Å². The van der Waals surface area contributed by atoms with Gasteiger partial charge in [-0.3, -0.25) is 9.59 Å². The molecule has 6 nitrogen and oxygen atoms in total.